The third kappa shape index (κ3) is 3.33. The normalized spacial score (nSPS) is 17.5. The van der Waals surface area contributed by atoms with E-state index in [0.29, 0.717) is 0 Å². The second-order valence-corrected chi connectivity index (χ2v) is 3.96. The van der Waals surface area contributed by atoms with Gasteiger partial charge in [0.15, 0.2) is 0 Å². The van der Waals surface area contributed by atoms with Crippen LogP contribution in [0.15, 0.2) is 24.4 Å². The van der Waals surface area contributed by atoms with Crippen molar-refractivity contribution in [2.24, 2.45) is 11.7 Å². The standard InChI is InChI=1S/C12H16N2.ClH/c1-9(13)12-11(3-2-8-14-12)7-6-10-4-5-10;/h2-3,6-10H,4-5,13H2,1H3;1H/b7-6+;/t9-;/m0./s1. The summed E-state index contributed by atoms with van der Waals surface area (Å²) >= 11 is 0. The number of nitrogens with two attached hydrogens (primary N) is 1. The molecule has 2 nitrogen and oxygen atoms in total. The van der Waals surface area contributed by atoms with Crippen molar-refractivity contribution in [2.75, 3.05) is 0 Å². The molecule has 0 spiro atoms. The van der Waals surface area contributed by atoms with Crippen LogP contribution in [0.5, 0.6) is 0 Å². The van der Waals surface area contributed by atoms with Crippen LogP contribution in [-0.2, 0) is 0 Å². The summed E-state index contributed by atoms with van der Waals surface area (Å²) in [5.41, 5.74) is 7.99. The Bertz CT molecular complexity index is 343. The maximum atomic E-state index is 5.84. The number of hydrogen-bond acceptors (Lipinski definition) is 2. The third-order valence-electron chi connectivity index (χ3n) is 2.47. The number of nitrogens with zero attached hydrogens (tertiary/aromatic N) is 1. The molecule has 1 atom stereocenters. The van der Waals surface area contributed by atoms with Gasteiger partial charge in [0.05, 0.1) is 5.69 Å². The van der Waals surface area contributed by atoms with Crippen molar-refractivity contribution in [2.45, 2.75) is 25.8 Å². The first-order valence-electron chi connectivity index (χ1n) is 5.16. The SMILES string of the molecule is C[C@H](N)c1ncccc1/C=C/C1CC1.Cl. The third-order valence-corrected chi connectivity index (χ3v) is 2.47. The molecule has 1 aromatic heterocycles. The van der Waals surface area contributed by atoms with Crippen LogP contribution < -0.4 is 5.73 Å². The Kier molecular flexibility index (Phi) is 4.30. The number of rotatable bonds is 3. The number of pyridine rings is 1. The van der Waals surface area contributed by atoms with Crippen LogP contribution in [0, 0.1) is 5.92 Å². The highest BCUT2D eigenvalue weighted by Crippen LogP contribution is 2.31. The van der Waals surface area contributed by atoms with E-state index in [0.717, 1.165) is 17.2 Å². The molecule has 82 valence electrons. The zero-order chi connectivity index (χ0) is 9.97. The molecule has 0 bridgehead atoms. The lowest BCUT2D eigenvalue weighted by Gasteiger charge is -2.07. The molecule has 1 aromatic rings. The fourth-order valence-corrected chi connectivity index (χ4v) is 1.48. The van der Waals surface area contributed by atoms with Crippen LogP contribution in [0.4, 0.5) is 0 Å². The predicted octanol–water partition coefficient (Wildman–Crippen LogP) is 2.95. The lowest BCUT2D eigenvalue weighted by molar-refractivity contribution is 0.778. The van der Waals surface area contributed by atoms with E-state index in [9.17, 15) is 0 Å². The molecule has 1 saturated carbocycles. The lowest BCUT2D eigenvalue weighted by atomic mass is 10.1. The van der Waals surface area contributed by atoms with Gasteiger partial charge in [0.2, 0.25) is 0 Å². The van der Waals surface area contributed by atoms with Crippen LogP contribution >= 0.6 is 12.4 Å². The summed E-state index contributed by atoms with van der Waals surface area (Å²) in [5.74, 6) is 0.802. The first-order valence-corrected chi connectivity index (χ1v) is 5.16. The average molecular weight is 225 g/mol. The zero-order valence-electron chi connectivity index (χ0n) is 8.89. The van der Waals surface area contributed by atoms with Crippen LogP contribution in [0.3, 0.4) is 0 Å². The van der Waals surface area contributed by atoms with E-state index in [1.165, 1.54) is 12.8 Å². The van der Waals surface area contributed by atoms with Gasteiger partial charge >= 0.3 is 0 Å². The molecule has 1 aliphatic carbocycles. The van der Waals surface area contributed by atoms with Gasteiger partial charge in [-0.3, -0.25) is 4.98 Å². The number of aromatic nitrogens is 1. The van der Waals surface area contributed by atoms with E-state index in [2.05, 4.69) is 23.2 Å². The van der Waals surface area contributed by atoms with Crippen LogP contribution in [0.1, 0.15) is 37.1 Å². The topological polar surface area (TPSA) is 38.9 Å². The molecule has 0 unspecified atom stereocenters. The minimum atomic E-state index is 0. The molecule has 1 heterocycles. The highest BCUT2D eigenvalue weighted by atomic mass is 35.5. The molecule has 0 aliphatic heterocycles. The second-order valence-electron chi connectivity index (χ2n) is 3.96. The summed E-state index contributed by atoms with van der Waals surface area (Å²) in [4.78, 5) is 4.30. The molecule has 0 amide bonds. The van der Waals surface area contributed by atoms with Crippen molar-refractivity contribution in [3.63, 3.8) is 0 Å². The molecule has 3 heteroatoms. The summed E-state index contributed by atoms with van der Waals surface area (Å²) in [6, 6.07) is 4.04. The molecule has 2 rings (SSSR count). The number of halogens is 1. The van der Waals surface area contributed by atoms with Crippen molar-refractivity contribution in [3.05, 3.63) is 35.7 Å². The molecule has 0 radical (unpaired) electrons. The Morgan fingerprint density at radius 3 is 2.87 bits per heavy atom. The number of allylic oxidation sites excluding steroid dienone is 1. The highest BCUT2D eigenvalue weighted by molar-refractivity contribution is 5.85. The zero-order valence-corrected chi connectivity index (χ0v) is 9.70. The Balaban J connectivity index is 0.00000112. The summed E-state index contributed by atoms with van der Waals surface area (Å²) in [7, 11) is 0. The van der Waals surface area contributed by atoms with Gasteiger partial charge in [-0.05, 0) is 37.3 Å². The molecule has 1 aliphatic rings. The summed E-state index contributed by atoms with van der Waals surface area (Å²) in [5, 5.41) is 0. The minimum Gasteiger partial charge on any atom is -0.323 e. The van der Waals surface area contributed by atoms with Gasteiger partial charge in [-0.2, -0.15) is 0 Å². The predicted molar refractivity (Wildman–Crippen MR) is 65.8 cm³/mol. The van der Waals surface area contributed by atoms with Crippen molar-refractivity contribution >= 4 is 18.5 Å². The van der Waals surface area contributed by atoms with Gasteiger partial charge in [-0.1, -0.05) is 18.2 Å². The van der Waals surface area contributed by atoms with Gasteiger partial charge in [-0.25, -0.2) is 0 Å². The molecule has 15 heavy (non-hydrogen) atoms. The minimum absolute atomic E-state index is 0. The summed E-state index contributed by atoms with van der Waals surface area (Å²) in [6.07, 6.45) is 8.90. The highest BCUT2D eigenvalue weighted by Gasteiger charge is 2.17. The fourth-order valence-electron chi connectivity index (χ4n) is 1.48. The van der Waals surface area contributed by atoms with Gasteiger partial charge in [0, 0.05) is 12.2 Å². The monoisotopic (exact) mass is 224 g/mol. The summed E-state index contributed by atoms with van der Waals surface area (Å²) < 4.78 is 0. The lowest BCUT2D eigenvalue weighted by Crippen LogP contribution is -2.08. The number of hydrogen-bond donors (Lipinski definition) is 1. The van der Waals surface area contributed by atoms with Gasteiger partial charge in [0.1, 0.15) is 0 Å². The average Bonchev–Trinajstić information content (AvgIpc) is 2.98. The van der Waals surface area contributed by atoms with E-state index in [1.807, 2.05) is 13.0 Å². The smallest absolute Gasteiger partial charge is 0.0640 e. The van der Waals surface area contributed by atoms with Crippen molar-refractivity contribution in [1.82, 2.24) is 4.98 Å². The van der Waals surface area contributed by atoms with E-state index < -0.39 is 0 Å². The van der Waals surface area contributed by atoms with E-state index in [1.54, 1.807) is 6.20 Å². The Morgan fingerprint density at radius 2 is 2.27 bits per heavy atom. The van der Waals surface area contributed by atoms with E-state index in [4.69, 9.17) is 5.73 Å². The largest absolute Gasteiger partial charge is 0.323 e. The van der Waals surface area contributed by atoms with Crippen molar-refractivity contribution < 1.29 is 0 Å². The Labute approximate surface area is 97.0 Å². The Morgan fingerprint density at radius 1 is 1.53 bits per heavy atom. The first kappa shape index (κ1) is 12.2. The maximum Gasteiger partial charge on any atom is 0.0640 e. The maximum absolute atomic E-state index is 5.84. The molecular formula is C12H17ClN2. The summed E-state index contributed by atoms with van der Waals surface area (Å²) in [6.45, 7) is 1.97. The van der Waals surface area contributed by atoms with Gasteiger partial charge in [0.25, 0.3) is 0 Å². The van der Waals surface area contributed by atoms with Crippen molar-refractivity contribution in [1.29, 1.82) is 0 Å². The molecule has 0 aromatic carbocycles. The van der Waals surface area contributed by atoms with Crippen LogP contribution in [-0.4, -0.2) is 4.98 Å². The van der Waals surface area contributed by atoms with Crippen LogP contribution in [0.25, 0.3) is 6.08 Å². The second kappa shape index (κ2) is 5.29. The first-order chi connectivity index (χ1) is 6.77. The molecule has 0 saturated heterocycles. The van der Waals surface area contributed by atoms with Crippen molar-refractivity contribution in [3.8, 4) is 0 Å². The van der Waals surface area contributed by atoms with E-state index in [-0.39, 0.29) is 18.4 Å². The molecular weight excluding hydrogens is 208 g/mol. The van der Waals surface area contributed by atoms with E-state index >= 15 is 0 Å². The van der Waals surface area contributed by atoms with Gasteiger partial charge < -0.3 is 5.73 Å². The van der Waals surface area contributed by atoms with Crippen LogP contribution in [0.2, 0.25) is 0 Å². The Hall–Kier alpha value is -0.860. The molecule has 2 N–H and O–H groups in total. The molecule has 1 fully saturated rings. The fraction of sp³-hybridized carbons (Fsp3) is 0.417. The van der Waals surface area contributed by atoms with Gasteiger partial charge in [-0.15, -0.1) is 12.4 Å². The quantitative estimate of drug-likeness (QED) is 0.858.